The summed E-state index contributed by atoms with van der Waals surface area (Å²) in [6.45, 7) is 0.389. The van der Waals surface area contributed by atoms with Gasteiger partial charge in [0, 0.05) is 24.6 Å². The molecule has 2 amide bonds. The molecule has 2 aromatic carbocycles. The van der Waals surface area contributed by atoms with Crippen molar-refractivity contribution in [1.29, 1.82) is 0 Å². The van der Waals surface area contributed by atoms with Crippen molar-refractivity contribution in [3.63, 3.8) is 0 Å². The lowest BCUT2D eigenvalue weighted by Crippen LogP contribution is -2.24. The summed E-state index contributed by atoms with van der Waals surface area (Å²) < 4.78 is 26.8. The van der Waals surface area contributed by atoms with Crippen LogP contribution >= 0.6 is 11.3 Å². The van der Waals surface area contributed by atoms with Crippen LogP contribution in [0.5, 0.6) is 0 Å². The number of carbonyl (C=O) groups excluding carboxylic acids is 2. The zero-order valence-electron chi connectivity index (χ0n) is 14.4. The first-order valence-corrected chi connectivity index (χ1v) is 9.28. The van der Waals surface area contributed by atoms with Gasteiger partial charge in [0.05, 0.1) is 5.56 Å². The predicted octanol–water partition coefficient (Wildman–Crippen LogP) is 3.59. The van der Waals surface area contributed by atoms with E-state index in [0.717, 1.165) is 11.3 Å². The molecule has 0 aliphatic carbocycles. The van der Waals surface area contributed by atoms with Crippen LogP contribution in [0.4, 0.5) is 19.6 Å². The minimum Gasteiger partial charge on any atom is -0.312 e. The van der Waals surface area contributed by atoms with E-state index in [4.69, 9.17) is 0 Å². The minimum absolute atomic E-state index is 0.0854. The van der Waals surface area contributed by atoms with Gasteiger partial charge in [-0.25, -0.2) is 8.78 Å². The molecule has 1 aliphatic rings. The van der Waals surface area contributed by atoms with Crippen LogP contribution in [0.15, 0.2) is 48.5 Å². The normalized spacial score (nSPS) is 16.4. The number of nitrogens with one attached hydrogen (secondary N) is 1. The number of hydrogen-bond donors (Lipinski definition) is 1. The van der Waals surface area contributed by atoms with Gasteiger partial charge in [-0.3, -0.25) is 14.9 Å². The highest BCUT2D eigenvalue weighted by atomic mass is 32.1. The molecule has 1 unspecified atom stereocenters. The topological polar surface area (TPSA) is 75.2 Å². The van der Waals surface area contributed by atoms with E-state index in [0.29, 0.717) is 17.2 Å². The predicted molar refractivity (Wildman–Crippen MR) is 100 cm³/mol. The van der Waals surface area contributed by atoms with Crippen molar-refractivity contribution < 1.29 is 18.4 Å². The first-order chi connectivity index (χ1) is 13.5. The molecule has 1 aromatic heterocycles. The number of hydrogen-bond acceptors (Lipinski definition) is 5. The van der Waals surface area contributed by atoms with Crippen LogP contribution in [0.3, 0.4) is 0 Å². The van der Waals surface area contributed by atoms with Crippen LogP contribution in [0, 0.1) is 11.6 Å². The van der Waals surface area contributed by atoms with Crippen molar-refractivity contribution in [2.24, 2.45) is 0 Å². The summed E-state index contributed by atoms with van der Waals surface area (Å²) in [6, 6.07) is 11.4. The SMILES string of the molecule is O=C(Nc1nnc(C2CC(=O)N(c3ccc(F)cc3)C2)s1)c1ccccc1F. The highest BCUT2D eigenvalue weighted by Crippen LogP contribution is 2.34. The molecular formula is C19H14F2N4O2S. The summed E-state index contributed by atoms with van der Waals surface area (Å²) >= 11 is 1.15. The van der Waals surface area contributed by atoms with Crippen LogP contribution in [0.2, 0.25) is 0 Å². The fourth-order valence-electron chi connectivity index (χ4n) is 3.00. The van der Waals surface area contributed by atoms with E-state index in [2.05, 4.69) is 15.5 Å². The van der Waals surface area contributed by atoms with Gasteiger partial charge >= 0.3 is 0 Å². The van der Waals surface area contributed by atoms with E-state index in [1.54, 1.807) is 23.1 Å². The summed E-state index contributed by atoms with van der Waals surface area (Å²) in [5, 5.41) is 11.4. The molecule has 142 valence electrons. The Kier molecular flexibility index (Phi) is 4.82. The smallest absolute Gasteiger partial charge is 0.260 e. The fraction of sp³-hybridized carbons (Fsp3) is 0.158. The maximum Gasteiger partial charge on any atom is 0.260 e. The number of aromatic nitrogens is 2. The Morgan fingerprint density at radius 2 is 1.86 bits per heavy atom. The Morgan fingerprint density at radius 1 is 1.11 bits per heavy atom. The highest BCUT2D eigenvalue weighted by Gasteiger charge is 2.34. The molecule has 0 spiro atoms. The maximum absolute atomic E-state index is 13.7. The van der Waals surface area contributed by atoms with Crippen molar-refractivity contribution in [1.82, 2.24) is 10.2 Å². The average molecular weight is 400 g/mol. The van der Waals surface area contributed by atoms with Gasteiger partial charge in [0.25, 0.3) is 5.91 Å². The van der Waals surface area contributed by atoms with Gasteiger partial charge in [-0.05, 0) is 36.4 Å². The molecule has 6 nitrogen and oxygen atoms in total. The zero-order chi connectivity index (χ0) is 19.7. The Bertz CT molecular complexity index is 1040. The third-order valence-electron chi connectivity index (χ3n) is 4.39. The first kappa shape index (κ1) is 18.2. The van der Waals surface area contributed by atoms with Gasteiger partial charge < -0.3 is 4.90 Å². The molecule has 1 saturated heterocycles. The van der Waals surface area contributed by atoms with Crippen LogP contribution in [-0.2, 0) is 4.79 Å². The number of amides is 2. The lowest BCUT2D eigenvalue weighted by molar-refractivity contribution is -0.117. The van der Waals surface area contributed by atoms with Crippen LogP contribution in [0.1, 0.15) is 27.7 Å². The standard InChI is InChI=1S/C19H14F2N4O2S/c20-12-5-7-13(8-6-12)25-10-11(9-16(25)26)18-23-24-19(28-18)22-17(27)14-3-1-2-4-15(14)21/h1-8,11H,9-10H2,(H,22,24,27). The molecule has 1 fully saturated rings. The van der Waals surface area contributed by atoms with Crippen molar-refractivity contribution in [2.45, 2.75) is 12.3 Å². The average Bonchev–Trinajstić information content (AvgIpc) is 3.29. The zero-order valence-corrected chi connectivity index (χ0v) is 15.2. The molecule has 0 saturated carbocycles. The molecular weight excluding hydrogens is 386 g/mol. The molecule has 9 heteroatoms. The molecule has 0 bridgehead atoms. The van der Waals surface area contributed by atoms with Gasteiger partial charge in [0.1, 0.15) is 16.6 Å². The second-order valence-corrected chi connectivity index (χ2v) is 7.27. The highest BCUT2D eigenvalue weighted by molar-refractivity contribution is 7.15. The largest absolute Gasteiger partial charge is 0.312 e. The Morgan fingerprint density at radius 3 is 2.61 bits per heavy atom. The molecule has 2 heterocycles. The van der Waals surface area contributed by atoms with E-state index in [1.807, 2.05) is 0 Å². The van der Waals surface area contributed by atoms with Crippen LogP contribution < -0.4 is 10.2 Å². The molecule has 1 aliphatic heterocycles. The lowest BCUT2D eigenvalue weighted by atomic mass is 10.1. The third-order valence-corrected chi connectivity index (χ3v) is 5.39. The molecule has 4 rings (SSSR count). The van der Waals surface area contributed by atoms with Gasteiger partial charge in [0.15, 0.2) is 0 Å². The second-order valence-electron chi connectivity index (χ2n) is 6.26. The van der Waals surface area contributed by atoms with Gasteiger partial charge in [0.2, 0.25) is 11.0 Å². The quantitative estimate of drug-likeness (QED) is 0.726. The number of halogens is 2. The summed E-state index contributed by atoms with van der Waals surface area (Å²) in [7, 11) is 0. The fourth-order valence-corrected chi connectivity index (χ4v) is 3.83. The van der Waals surface area contributed by atoms with Crippen LogP contribution in [-0.4, -0.2) is 28.6 Å². The van der Waals surface area contributed by atoms with E-state index in [9.17, 15) is 18.4 Å². The number of benzene rings is 2. The summed E-state index contributed by atoms with van der Waals surface area (Å²) in [5.41, 5.74) is 0.532. The summed E-state index contributed by atoms with van der Waals surface area (Å²) in [4.78, 5) is 26.1. The van der Waals surface area contributed by atoms with E-state index in [-0.39, 0.29) is 34.8 Å². The summed E-state index contributed by atoms with van der Waals surface area (Å²) in [6.07, 6.45) is 0.243. The molecule has 0 radical (unpaired) electrons. The molecule has 3 aromatic rings. The van der Waals surface area contributed by atoms with Gasteiger partial charge in [-0.2, -0.15) is 0 Å². The maximum atomic E-state index is 13.7. The summed E-state index contributed by atoms with van der Waals surface area (Å²) in [5.74, 6) is -1.89. The van der Waals surface area contributed by atoms with Crippen LogP contribution in [0.25, 0.3) is 0 Å². The third kappa shape index (κ3) is 3.61. The van der Waals surface area contributed by atoms with Crippen molar-refractivity contribution in [3.05, 3.63) is 70.7 Å². The molecule has 1 atom stereocenters. The Balaban J connectivity index is 1.46. The lowest BCUT2D eigenvalue weighted by Gasteiger charge is -2.16. The Hall–Kier alpha value is -3.20. The minimum atomic E-state index is -0.624. The van der Waals surface area contributed by atoms with Gasteiger partial charge in [-0.15, -0.1) is 10.2 Å². The van der Waals surface area contributed by atoms with Crippen molar-refractivity contribution in [3.8, 4) is 0 Å². The van der Waals surface area contributed by atoms with E-state index in [1.165, 1.54) is 30.3 Å². The second kappa shape index (κ2) is 7.43. The molecule has 28 heavy (non-hydrogen) atoms. The van der Waals surface area contributed by atoms with Crippen molar-refractivity contribution >= 4 is 34.0 Å². The number of nitrogens with zero attached hydrogens (tertiary/aromatic N) is 3. The number of carbonyl (C=O) groups is 2. The van der Waals surface area contributed by atoms with E-state index >= 15 is 0 Å². The van der Waals surface area contributed by atoms with E-state index < -0.39 is 11.7 Å². The molecule has 1 N–H and O–H groups in total. The number of anilines is 2. The Labute approximate surface area is 162 Å². The van der Waals surface area contributed by atoms with Gasteiger partial charge in [-0.1, -0.05) is 23.5 Å². The monoisotopic (exact) mass is 400 g/mol. The number of rotatable bonds is 4. The first-order valence-electron chi connectivity index (χ1n) is 8.46. The van der Waals surface area contributed by atoms with Crippen molar-refractivity contribution in [2.75, 3.05) is 16.8 Å².